The van der Waals surface area contributed by atoms with Crippen molar-refractivity contribution in [1.29, 1.82) is 0 Å². The van der Waals surface area contributed by atoms with Crippen LogP contribution in [0.25, 0.3) is 0 Å². The first-order valence-corrected chi connectivity index (χ1v) is 8.50. The van der Waals surface area contributed by atoms with Crippen molar-refractivity contribution in [2.75, 3.05) is 6.54 Å². The normalized spacial score (nSPS) is 15.8. The molecule has 0 aliphatic rings. The minimum Gasteiger partial charge on any atom is -0.389 e. The van der Waals surface area contributed by atoms with E-state index in [0.29, 0.717) is 12.5 Å². The number of aliphatic hydroxyl groups is 1. The summed E-state index contributed by atoms with van der Waals surface area (Å²) in [4.78, 5) is 1.36. The Hall–Kier alpha value is -1.10. The van der Waals surface area contributed by atoms with E-state index in [4.69, 9.17) is 0 Å². The highest BCUT2D eigenvalue weighted by molar-refractivity contribution is 7.09. The number of aromatic nitrogens is 1. The molecule has 2 atom stereocenters. The quantitative estimate of drug-likeness (QED) is 0.783. The van der Waals surface area contributed by atoms with Gasteiger partial charge in [0.15, 0.2) is 0 Å². The zero-order valence-electron chi connectivity index (χ0n) is 13.2. The molecule has 0 radical (unpaired) electrons. The van der Waals surface area contributed by atoms with Crippen molar-refractivity contribution in [1.82, 2.24) is 9.88 Å². The lowest BCUT2D eigenvalue weighted by molar-refractivity contribution is 0.00524. The van der Waals surface area contributed by atoms with Crippen LogP contribution >= 0.6 is 11.3 Å². The number of hydrogen-bond acceptors (Lipinski definition) is 3. The summed E-state index contributed by atoms with van der Waals surface area (Å²) >= 11 is 1.78. The fourth-order valence-electron chi connectivity index (χ4n) is 2.39. The molecule has 0 aromatic carbocycles. The van der Waals surface area contributed by atoms with E-state index in [1.165, 1.54) is 10.6 Å². The van der Waals surface area contributed by atoms with Crippen LogP contribution in [0, 0.1) is 5.92 Å². The van der Waals surface area contributed by atoms with Crippen LogP contribution in [-0.4, -0.2) is 21.8 Å². The minimum atomic E-state index is -0.653. The Bertz CT molecular complexity index is 531. The second-order valence-electron chi connectivity index (χ2n) is 5.98. The Labute approximate surface area is 131 Å². The standard InChI is InChI=1S/C17H26N2OS/c1-4-14(2)17(3,20)13-18-11-15-7-5-9-19(15)12-16-8-6-10-21-16/h5-10,14,18,20H,4,11-13H2,1-3H3. The molecule has 4 heteroatoms. The van der Waals surface area contributed by atoms with E-state index in [-0.39, 0.29) is 0 Å². The lowest BCUT2D eigenvalue weighted by atomic mass is 9.89. The van der Waals surface area contributed by atoms with E-state index in [1.54, 1.807) is 11.3 Å². The second-order valence-corrected chi connectivity index (χ2v) is 7.01. The highest BCUT2D eigenvalue weighted by atomic mass is 32.1. The van der Waals surface area contributed by atoms with Gasteiger partial charge in [0.1, 0.15) is 0 Å². The lowest BCUT2D eigenvalue weighted by Crippen LogP contribution is -2.43. The molecule has 2 unspecified atom stereocenters. The van der Waals surface area contributed by atoms with Gasteiger partial charge in [-0.2, -0.15) is 0 Å². The maximum Gasteiger partial charge on any atom is 0.0768 e. The monoisotopic (exact) mass is 306 g/mol. The Morgan fingerprint density at radius 1 is 1.38 bits per heavy atom. The van der Waals surface area contributed by atoms with Crippen LogP contribution in [-0.2, 0) is 13.1 Å². The van der Waals surface area contributed by atoms with Crippen molar-refractivity contribution in [3.05, 3.63) is 46.4 Å². The number of nitrogens with one attached hydrogen (secondary N) is 1. The van der Waals surface area contributed by atoms with E-state index in [9.17, 15) is 5.11 Å². The number of hydrogen-bond donors (Lipinski definition) is 2. The van der Waals surface area contributed by atoms with Crippen molar-refractivity contribution in [3.8, 4) is 0 Å². The Balaban J connectivity index is 1.88. The van der Waals surface area contributed by atoms with E-state index in [0.717, 1.165) is 19.5 Å². The third-order valence-corrected chi connectivity index (χ3v) is 5.15. The third kappa shape index (κ3) is 4.43. The first-order chi connectivity index (χ1) is 10.0. The van der Waals surface area contributed by atoms with E-state index in [2.05, 4.69) is 59.6 Å². The van der Waals surface area contributed by atoms with Gasteiger partial charge in [0.05, 0.1) is 12.1 Å². The van der Waals surface area contributed by atoms with Gasteiger partial charge in [-0.05, 0) is 36.4 Å². The zero-order valence-corrected chi connectivity index (χ0v) is 14.0. The molecule has 0 bridgehead atoms. The van der Waals surface area contributed by atoms with Gasteiger partial charge >= 0.3 is 0 Å². The molecular formula is C17H26N2OS. The average Bonchev–Trinajstić information content (AvgIpc) is 3.10. The van der Waals surface area contributed by atoms with E-state index < -0.39 is 5.60 Å². The summed E-state index contributed by atoms with van der Waals surface area (Å²) in [6, 6.07) is 8.47. The van der Waals surface area contributed by atoms with Crippen LogP contribution in [0.3, 0.4) is 0 Å². The van der Waals surface area contributed by atoms with Crippen LogP contribution in [0.2, 0.25) is 0 Å². The Kier molecular flexibility index (Phi) is 5.62. The Morgan fingerprint density at radius 3 is 2.86 bits per heavy atom. The summed E-state index contributed by atoms with van der Waals surface area (Å²) in [5.74, 6) is 0.294. The molecule has 3 nitrogen and oxygen atoms in total. The summed E-state index contributed by atoms with van der Waals surface area (Å²) in [6.45, 7) is 8.45. The Morgan fingerprint density at radius 2 is 2.19 bits per heavy atom. The van der Waals surface area contributed by atoms with Crippen molar-refractivity contribution in [2.45, 2.75) is 45.9 Å². The van der Waals surface area contributed by atoms with Gasteiger partial charge in [-0.3, -0.25) is 0 Å². The third-order valence-electron chi connectivity index (χ3n) is 4.29. The maximum atomic E-state index is 10.4. The molecule has 2 N–H and O–H groups in total. The maximum absolute atomic E-state index is 10.4. The molecule has 0 amide bonds. The van der Waals surface area contributed by atoms with Crippen LogP contribution < -0.4 is 5.32 Å². The van der Waals surface area contributed by atoms with Gasteiger partial charge in [0, 0.05) is 29.9 Å². The molecule has 2 aromatic heterocycles. The fourth-order valence-corrected chi connectivity index (χ4v) is 3.09. The van der Waals surface area contributed by atoms with Gasteiger partial charge in [-0.15, -0.1) is 11.3 Å². The molecule has 0 aliphatic carbocycles. The molecule has 0 saturated carbocycles. The fraction of sp³-hybridized carbons (Fsp3) is 0.529. The van der Waals surface area contributed by atoms with Crippen LogP contribution in [0.4, 0.5) is 0 Å². The topological polar surface area (TPSA) is 37.2 Å². The number of rotatable bonds is 8. The van der Waals surface area contributed by atoms with Crippen LogP contribution in [0.15, 0.2) is 35.8 Å². The molecule has 116 valence electrons. The summed E-state index contributed by atoms with van der Waals surface area (Å²) < 4.78 is 2.26. The molecule has 21 heavy (non-hydrogen) atoms. The summed E-state index contributed by atoms with van der Waals surface area (Å²) in [6.07, 6.45) is 3.10. The molecule has 2 heterocycles. The first-order valence-electron chi connectivity index (χ1n) is 7.62. The highest BCUT2D eigenvalue weighted by Crippen LogP contribution is 2.19. The summed E-state index contributed by atoms with van der Waals surface area (Å²) in [7, 11) is 0. The molecule has 0 saturated heterocycles. The molecule has 0 fully saturated rings. The second kappa shape index (κ2) is 7.25. The summed E-state index contributed by atoms with van der Waals surface area (Å²) in [5.41, 5.74) is 0.600. The largest absolute Gasteiger partial charge is 0.389 e. The highest BCUT2D eigenvalue weighted by Gasteiger charge is 2.26. The average molecular weight is 306 g/mol. The number of nitrogens with zero attached hydrogens (tertiary/aromatic N) is 1. The molecule has 2 aromatic rings. The molecule has 2 rings (SSSR count). The van der Waals surface area contributed by atoms with Gasteiger partial charge in [0.2, 0.25) is 0 Å². The number of thiophene rings is 1. The van der Waals surface area contributed by atoms with Crippen molar-refractivity contribution >= 4 is 11.3 Å². The van der Waals surface area contributed by atoms with Crippen LogP contribution in [0.1, 0.15) is 37.8 Å². The van der Waals surface area contributed by atoms with Gasteiger partial charge < -0.3 is 15.0 Å². The van der Waals surface area contributed by atoms with Gasteiger partial charge in [0.25, 0.3) is 0 Å². The van der Waals surface area contributed by atoms with Gasteiger partial charge in [-0.25, -0.2) is 0 Å². The SMILES string of the molecule is CCC(C)C(C)(O)CNCc1cccn1Cc1cccs1. The van der Waals surface area contributed by atoms with Crippen molar-refractivity contribution < 1.29 is 5.11 Å². The van der Waals surface area contributed by atoms with E-state index in [1.807, 2.05) is 6.92 Å². The molecular weight excluding hydrogens is 280 g/mol. The predicted molar refractivity (Wildman–Crippen MR) is 89.6 cm³/mol. The van der Waals surface area contributed by atoms with Gasteiger partial charge in [-0.1, -0.05) is 26.3 Å². The predicted octanol–water partition coefficient (Wildman–Crippen LogP) is 3.48. The smallest absolute Gasteiger partial charge is 0.0768 e. The van der Waals surface area contributed by atoms with Crippen molar-refractivity contribution in [3.63, 3.8) is 0 Å². The molecule has 0 aliphatic heterocycles. The first kappa shape index (κ1) is 16.3. The van der Waals surface area contributed by atoms with Crippen LogP contribution in [0.5, 0.6) is 0 Å². The lowest BCUT2D eigenvalue weighted by Gasteiger charge is -2.30. The zero-order chi connectivity index (χ0) is 15.3. The van der Waals surface area contributed by atoms with E-state index >= 15 is 0 Å². The summed E-state index contributed by atoms with van der Waals surface area (Å²) in [5, 5.41) is 15.9. The molecule has 0 spiro atoms. The van der Waals surface area contributed by atoms with Crippen molar-refractivity contribution in [2.24, 2.45) is 5.92 Å². The minimum absolute atomic E-state index is 0.294.